The minimum absolute atomic E-state index is 0.113. The summed E-state index contributed by atoms with van der Waals surface area (Å²) in [6, 6.07) is 4.23. The van der Waals surface area contributed by atoms with Gasteiger partial charge in [-0.1, -0.05) is 58.3 Å². The molecule has 0 aliphatic carbocycles. The average Bonchev–Trinajstić information content (AvgIpc) is 2.81. The Bertz CT molecular complexity index is 947. The summed E-state index contributed by atoms with van der Waals surface area (Å²) >= 11 is 0. The largest absolute Gasteiger partial charge is 0.478 e. The Morgan fingerprint density at radius 3 is 1.34 bits per heavy atom. The summed E-state index contributed by atoms with van der Waals surface area (Å²) in [4.78, 5) is 10.4. The van der Waals surface area contributed by atoms with E-state index in [1.807, 2.05) is 6.92 Å². The molecule has 0 radical (unpaired) electrons. The van der Waals surface area contributed by atoms with Gasteiger partial charge in [-0.3, -0.25) is 0 Å². The van der Waals surface area contributed by atoms with Crippen LogP contribution in [0.15, 0.2) is 18.2 Å². The van der Waals surface area contributed by atoms with Crippen molar-refractivity contribution in [2.75, 3.05) is 11.5 Å². The van der Waals surface area contributed by atoms with Gasteiger partial charge in [0.05, 0.1) is 5.56 Å². The average molecular weight is 626 g/mol. The third kappa shape index (κ3) is 9.45. The molecule has 0 saturated carbocycles. The van der Waals surface area contributed by atoms with Gasteiger partial charge in [-0.25, -0.2) is 4.79 Å². The van der Waals surface area contributed by atoms with Gasteiger partial charge in [-0.2, -0.15) is 57.1 Å². The molecule has 1 aromatic rings. The first-order valence-corrected chi connectivity index (χ1v) is 12.3. The summed E-state index contributed by atoms with van der Waals surface area (Å²) in [7, 11) is 0. The first-order valence-electron chi connectivity index (χ1n) is 12.3. The van der Waals surface area contributed by atoms with E-state index in [1.54, 1.807) is 0 Å². The molecular formula is C24H31F13N2O2. The summed E-state index contributed by atoms with van der Waals surface area (Å²) in [6.45, 7) is 1.97. The third-order valence-corrected chi connectivity index (χ3v) is 5.82. The number of anilines is 2. The lowest BCUT2D eigenvalue weighted by atomic mass is 9.91. The minimum Gasteiger partial charge on any atom is -0.478 e. The van der Waals surface area contributed by atoms with E-state index in [9.17, 15) is 61.9 Å². The molecule has 0 fully saturated rings. The highest BCUT2D eigenvalue weighted by Crippen LogP contribution is 2.60. The second-order valence-corrected chi connectivity index (χ2v) is 9.27. The molecule has 0 amide bonds. The van der Waals surface area contributed by atoms with Gasteiger partial charge >= 0.3 is 41.8 Å². The molecule has 0 aliphatic rings. The Kier molecular flexibility index (Phi) is 13.6. The van der Waals surface area contributed by atoms with E-state index in [2.05, 4.69) is 0 Å². The predicted octanol–water partition coefficient (Wildman–Crippen LogP) is 9.20. The quantitative estimate of drug-likeness (QED) is 0.103. The summed E-state index contributed by atoms with van der Waals surface area (Å²) in [5.74, 6) is -37.3. The zero-order valence-electron chi connectivity index (χ0n) is 21.7. The lowest BCUT2D eigenvalue weighted by Crippen LogP contribution is -2.70. The number of hydrogen-bond acceptors (Lipinski definition) is 3. The van der Waals surface area contributed by atoms with Gasteiger partial charge < -0.3 is 16.6 Å². The van der Waals surface area contributed by atoms with Gasteiger partial charge in [0.1, 0.15) is 0 Å². The second-order valence-electron chi connectivity index (χ2n) is 9.27. The van der Waals surface area contributed by atoms with Crippen LogP contribution < -0.4 is 11.5 Å². The van der Waals surface area contributed by atoms with Crippen molar-refractivity contribution in [2.24, 2.45) is 0 Å². The van der Waals surface area contributed by atoms with Crippen molar-refractivity contribution in [1.82, 2.24) is 0 Å². The Morgan fingerprint density at radius 2 is 0.976 bits per heavy atom. The van der Waals surface area contributed by atoms with E-state index in [4.69, 9.17) is 16.6 Å². The maximum absolute atomic E-state index is 13.5. The van der Waals surface area contributed by atoms with Crippen LogP contribution in [0.4, 0.5) is 68.5 Å². The smallest absolute Gasteiger partial charge is 0.460 e. The number of halogens is 13. The van der Waals surface area contributed by atoms with Crippen molar-refractivity contribution in [3.8, 4) is 0 Å². The standard InChI is InChI=1S/C17H23F13.C7H8N2O2/c1-2-3-4-5-6-7-8-9-10-11-12(18,19)13(20,21)14(22,23)15(24,25)16(26,27)17(28,29)30;8-5-1-4(7(10)11)2-6(9)3-5/h2-11H2,1H3;1-3H,8-9H2,(H,10,11). The fourth-order valence-corrected chi connectivity index (χ4v) is 3.42. The highest BCUT2D eigenvalue weighted by Gasteiger charge is 2.90. The monoisotopic (exact) mass is 626 g/mol. The van der Waals surface area contributed by atoms with Gasteiger partial charge in [0, 0.05) is 17.8 Å². The van der Waals surface area contributed by atoms with Crippen molar-refractivity contribution >= 4 is 17.3 Å². The third-order valence-electron chi connectivity index (χ3n) is 5.82. The van der Waals surface area contributed by atoms with E-state index in [-0.39, 0.29) is 18.4 Å². The highest BCUT2D eigenvalue weighted by molar-refractivity contribution is 5.90. The van der Waals surface area contributed by atoms with Crippen molar-refractivity contribution in [3.05, 3.63) is 23.8 Å². The van der Waals surface area contributed by atoms with E-state index in [1.165, 1.54) is 18.2 Å². The van der Waals surface area contributed by atoms with Crippen molar-refractivity contribution in [2.45, 2.75) is 107 Å². The molecule has 1 aromatic carbocycles. The van der Waals surface area contributed by atoms with E-state index in [0.717, 1.165) is 25.7 Å². The Morgan fingerprint density at radius 1 is 0.610 bits per heavy atom. The van der Waals surface area contributed by atoms with Crippen molar-refractivity contribution in [3.63, 3.8) is 0 Å². The Balaban J connectivity index is 0.00000120. The number of unbranched alkanes of at least 4 members (excludes halogenated alkanes) is 8. The number of rotatable bonds is 15. The number of carboxylic acids is 1. The van der Waals surface area contributed by atoms with Crippen LogP contribution >= 0.6 is 0 Å². The first kappa shape index (κ1) is 38.4. The molecule has 0 unspecified atom stereocenters. The maximum Gasteiger partial charge on any atom is 0.460 e. The molecule has 0 aromatic heterocycles. The summed E-state index contributed by atoms with van der Waals surface area (Å²) in [6.07, 6.45) is -5.30. The normalized spacial score (nSPS) is 13.5. The van der Waals surface area contributed by atoms with Crippen LogP contribution in [0.25, 0.3) is 0 Å². The molecule has 240 valence electrons. The van der Waals surface area contributed by atoms with Crippen molar-refractivity contribution < 1.29 is 67.0 Å². The van der Waals surface area contributed by atoms with Crippen molar-refractivity contribution in [1.29, 1.82) is 0 Å². The number of carbonyl (C=O) groups is 1. The number of nitrogen functional groups attached to an aromatic ring is 2. The molecule has 41 heavy (non-hydrogen) atoms. The minimum atomic E-state index is -7.82. The SMILES string of the molecule is CCCCCCCCCCCC(F)(F)C(F)(F)C(F)(F)C(F)(F)C(F)(F)C(F)(F)F.Nc1cc(N)cc(C(=O)O)c1. The molecule has 0 saturated heterocycles. The van der Waals surface area contributed by atoms with Gasteiger partial charge in [-0.05, 0) is 24.6 Å². The van der Waals surface area contributed by atoms with Crippen LogP contribution in [0, 0.1) is 0 Å². The molecule has 4 nitrogen and oxygen atoms in total. The fraction of sp³-hybridized carbons (Fsp3) is 0.708. The van der Waals surface area contributed by atoms with E-state index in [0.29, 0.717) is 24.2 Å². The Hall–Kier alpha value is -2.62. The van der Waals surface area contributed by atoms with Crippen LogP contribution in [0.5, 0.6) is 0 Å². The first-order chi connectivity index (χ1) is 18.4. The number of hydrogen-bond donors (Lipinski definition) is 3. The van der Waals surface area contributed by atoms with E-state index >= 15 is 0 Å². The van der Waals surface area contributed by atoms with Gasteiger partial charge in [0.25, 0.3) is 0 Å². The molecule has 1 rings (SSSR count). The molecule has 17 heteroatoms. The lowest BCUT2D eigenvalue weighted by Gasteiger charge is -2.39. The number of carboxylic acid groups (broad SMARTS) is 1. The van der Waals surface area contributed by atoms with Crippen LogP contribution in [0.3, 0.4) is 0 Å². The zero-order valence-corrected chi connectivity index (χ0v) is 21.7. The molecule has 0 spiro atoms. The summed E-state index contributed by atoms with van der Waals surface area (Å²) in [5.41, 5.74) is 11.5. The summed E-state index contributed by atoms with van der Waals surface area (Å²) in [5, 5.41) is 8.52. The zero-order chi connectivity index (χ0) is 32.5. The lowest BCUT2D eigenvalue weighted by molar-refractivity contribution is -0.440. The highest BCUT2D eigenvalue weighted by atomic mass is 19.4. The van der Waals surface area contributed by atoms with Gasteiger partial charge in [-0.15, -0.1) is 0 Å². The van der Waals surface area contributed by atoms with Crippen LogP contribution in [-0.4, -0.2) is 46.9 Å². The Labute approximate surface area is 227 Å². The second kappa shape index (κ2) is 14.5. The van der Waals surface area contributed by atoms with Gasteiger partial charge in [0.15, 0.2) is 0 Å². The number of benzene rings is 1. The fourth-order valence-electron chi connectivity index (χ4n) is 3.42. The molecule has 0 aliphatic heterocycles. The molecule has 0 heterocycles. The number of alkyl halides is 13. The van der Waals surface area contributed by atoms with Crippen LogP contribution in [-0.2, 0) is 0 Å². The van der Waals surface area contributed by atoms with Crippen LogP contribution in [0.2, 0.25) is 0 Å². The maximum atomic E-state index is 13.5. The predicted molar refractivity (Wildman–Crippen MR) is 125 cm³/mol. The molecule has 0 bridgehead atoms. The molecule has 0 atom stereocenters. The number of nitrogens with two attached hydrogens (primary N) is 2. The topological polar surface area (TPSA) is 89.3 Å². The number of aromatic carboxylic acids is 1. The molecular weight excluding hydrogens is 595 g/mol. The van der Waals surface area contributed by atoms with Gasteiger partial charge in [0.2, 0.25) is 0 Å². The van der Waals surface area contributed by atoms with Crippen LogP contribution in [0.1, 0.15) is 81.5 Å². The molecule has 5 N–H and O–H groups in total. The summed E-state index contributed by atoms with van der Waals surface area (Å²) < 4.78 is 168. The van der Waals surface area contributed by atoms with E-state index < -0.39 is 54.6 Å².